The van der Waals surface area contributed by atoms with Crippen molar-refractivity contribution in [3.8, 4) is 0 Å². The van der Waals surface area contributed by atoms with Crippen molar-refractivity contribution in [2.45, 2.75) is 38.8 Å². The van der Waals surface area contributed by atoms with Crippen LogP contribution >= 0.6 is 0 Å². The summed E-state index contributed by atoms with van der Waals surface area (Å²) in [5.74, 6) is -0.234. The molecule has 0 bridgehead atoms. The summed E-state index contributed by atoms with van der Waals surface area (Å²) < 4.78 is 1.59. The van der Waals surface area contributed by atoms with E-state index in [1.807, 2.05) is 11.0 Å². The fourth-order valence-corrected chi connectivity index (χ4v) is 2.91. The van der Waals surface area contributed by atoms with E-state index in [2.05, 4.69) is 15.4 Å². The molecule has 0 aromatic carbocycles. The Morgan fingerprint density at radius 2 is 2.09 bits per heavy atom. The van der Waals surface area contributed by atoms with Gasteiger partial charge in [-0.05, 0) is 38.3 Å². The van der Waals surface area contributed by atoms with Crippen molar-refractivity contribution in [2.75, 3.05) is 13.1 Å². The van der Waals surface area contributed by atoms with Gasteiger partial charge in [-0.2, -0.15) is 5.10 Å². The highest BCUT2D eigenvalue weighted by Gasteiger charge is 2.23. The van der Waals surface area contributed by atoms with Gasteiger partial charge in [-0.15, -0.1) is 0 Å². The minimum absolute atomic E-state index is 0.00922. The van der Waals surface area contributed by atoms with Crippen molar-refractivity contribution in [3.05, 3.63) is 24.5 Å². The number of likely N-dealkylation sites (tertiary alicyclic amines) is 1. The standard InChI is InChI=1S/C16H21N5O2/c1-12(16(23)20-8-3-2-4-9-20)19-15(22)11-21-14-6-5-7-17-13(14)10-18-21/h5-7,10,12H,2-4,8-9,11H2,1H3,(H,19,22). The Morgan fingerprint density at radius 1 is 1.30 bits per heavy atom. The van der Waals surface area contributed by atoms with Gasteiger partial charge in [0.2, 0.25) is 11.8 Å². The number of pyridine rings is 1. The van der Waals surface area contributed by atoms with E-state index in [9.17, 15) is 9.59 Å². The predicted octanol–water partition coefficient (Wildman–Crippen LogP) is 0.948. The lowest BCUT2D eigenvalue weighted by atomic mass is 10.1. The molecule has 1 aliphatic rings. The van der Waals surface area contributed by atoms with Gasteiger partial charge in [-0.3, -0.25) is 19.3 Å². The lowest BCUT2D eigenvalue weighted by molar-refractivity contribution is -0.136. The van der Waals surface area contributed by atoms with E-state index >= 15 is 0 Å². The fourth-order valence-electron chi connectivity index (χ4n) is 2.91. The van der Waals surface area contributed by atoms with Crippen LogP contribution in [0.3, 0.4) is 0 Å². The summed E-state index contributed by atoms with van der Waals surface area (Å²) in [6.45, 7) is 3.38. The number of carbonyl (C=O) groups is 2. The molecule has 1 saturated heterocycles. The smallest absolute Gasteiger partial charge is 0.244 e. The third-order valence-electron chi connectivity index (χ3n) is 4.12. The van der Waals surface area contributed by atoms with E-state index in [0.717, 1.165) is 37.0 Å². The summed E-state index contributed by atoms with van der Waals surface area (Å²) in [6, 6.07) is 3.16. The number of rotatable bonds is 4. The third kappa shape index (κ3) is 3.49. The van der Waals surface area contributed by atoms with Crippen molar-refractivity contribution < 1.29 is 9.59 Å². The zero-order valence-corrected chi connectivity index (χ0v) is 13.2. The SMILES string of the molecule is CC(NC(=O)Cn1ncc2ncccc21)C(=O)N1CCCCC1. The molecule has 2 aromatic rings. The molecule has 0 saturated carbocycles. The van der Waals surface area contributed by atoms with Gasteiger partial charge < -0.3 is 10.2 Å². The van der Waals surface area contributed by atoms with Gasteiger partial charge in [0.05, 0.1) is 11.7 Å². The van der Waals surface area contributed by atoms with E-state index in [-0.39, 0.29) is 18.4 Å². The summed E-state index contributed by atoms with van der Waals surface area (Å²) in [5, 5.41) is 6.94. The number of hydrogen-bond acceptors (Lipinski definition) is 4. The molecular formula is C16H21N5O2. The molecule has 1 aliphatic heterocycles. The number of piperidine rings is 1. The van der Waals surface area contributed by atoms with Gasteiger partial charge in [0.25, 0.3) is 0 Å². The van der Waals surface area contributed by atoms with Crippen LogP contribution in [-0.4, -0.2) is 50.6 Å². The van der Waals surface area contributed by atoms with E-state index in [1.54, 1.807) is 30.1 Å². The minimum atomic E-state index is -0.513. The average Bonchev–Trinajstić information content (AvgIpc) is 2.98. The first-order valence-electron chi connectivity index (χ1n) is 8.00. The summed E-state index contributed by atoms with van der Waals surface area (Å²) in [5.41, 5.74) is 1.55. The number of carbonyl (C=O) groups excluding carboxylic acids is 2. The number of nitrogens with one attached hydrogen (secondary N) is 1. The normalized spacial score (nSPS) is 16.3. The van der Waals surface area contributed by atoms with Crippen LogP contribution in [0.5, 0.6) is 0 Å². The summed E-state index contributed by atoms with van der Waals surface area (Å²) >= 11 is 0. The van der Waals surface area contributed by atoms with Gasteiger partial charge in [-0.25, -0.2) is 0 Å². The van der Waals surface area contributed by atoms with Crippen LogP contribution in [0.1, 0.15) is 26.2 Å². The topological polar surface area (TPSA) is 80.1 Å². The Labute approximate surface area is 134 Å². The van der Waals surface area contributed by atoms with E-state index < -0.39 is 6.04 Å². The number of aromatic nitrogens is 3. The second-order valence-corrected chi connectivity index (χ2v) is 5.89. The average molecular weight is 315 g/mol. The first-order chi connectivity index (χ1) is 11.1. The largest absolute Gasteiger partial charge is 0.343 e. The van der Waals surface area contributed by atoms with Crippen LogP contribution in [-0.2, 0) is 16.1 Å². The zero-order valence-electron chi connectivity index (χ0n) is 13.2. The second-order valence-electron chi connectivity index (χ2n) is 5.89. The van der Waals surface area contributed by atoms with Crippen molar-refractivity contribution >= 4 is 22.8 Å². The molecule has 0 spiro atoms. The molecule has 1 unspecified atom stereocenters. The summed E-state index contributed by atoms with van der Waals surface area (Å²) in [7, 11) is 0. The Hall–Kier alpha value is -2.44. The lowest BCUT2D eigenvalue weighted by Gasteiger charge is -2.29. The lowest BCUT2D eigenvalue weighted by Crippen LogP contribution is -2.49. The first kappa shape index (κ1) is 15.5. The maximum Gasteiger partial charge on any atom is 0.244 e. The second kappa shape index (κ2) is 6.76. The van der Waals surface area contributed by atoms with Crippen molar-refractivity contribution in [3.63, 3.8) is 0 Å². The van der Waals surface area contributed by atoms with Gasteiger partial charge in [0.15, 0.2) is 0 Å². The predicted molar refractivity (Wildman–Crippen MR) is 85.6 cm³/mol. The molecule has 1 atom stereocenters. The highest BCUT2D eigenvalue weighted by Crippen LogP contribution is 2.11. The fraction of sp³-hybridized carbons (Fsp3) is 0.500. The van der Waals surface area contributed by atoms with Gasteiger partial charge in [0.1, 0.15) is 18.1 Å². The number of amides is 2. The highest BCUT2D eigenvalue weighted by molar-refractivity contribution is 5.87. The monoisotopic (exact) mass is 315 g/mol. The highest BCUT2D eigenvalue weighted by atomic mass is 16.2. The molecule has 0 radical (unpaired) electrons. The molecular weight excluding hydrogens is 294 g/mol. The van der Waals surface area contributed by atoms with E-state index in [0.29, 0.717) is 0 Å². The number of hydrogen-bond donors (Lipinski definition) is 1. The first-order valence-corrected chi connectivity index (χ1v) is 8.00. The quantitative estimate of drug-likeness (QED) is 0.911. The molecule has 2 amide bonds. The van der Waals surface area contributed by atoms with Crippen LogP contribution < -0.4 is 5.32 Å². The Bertz CT molecular complexity index is 705. The van der Waals surface area contributed by atoms with Crippen LogP contribution in [0, 0.1) is 0 Å². The van der Waals surface area contributed by atoms with Crippen molar-refractivity contribution in [1.29, 1.82) is 0 Å². The Balaban J connectivity index is 1.59. The zero-order chi connectivity index (χ0) is 16.2. The maximum atomic E-state index is 12.3. The van der Waals surface area contributed by atoms with Crippen molar-refractivity contribution in [2.24, 2.45) is 0 Å². The van der Waals surface area contributed by atoms with E-state index in [1.165, 1.54) is 6.42 Å². The van der Waals surface area contributed by atoms with Crippen LogP contribution in [0.25, 0.3) is 11.0 Å². The van der Waals surface area contributed by atoms with Crippen LogP contribution in [0.2, 0.25) is 0 Å². The van der Waals surface area contributed by atoms with Gasteiger partial charge in [0, 0.05) is 19.3 Å². The number of fused-ring (bicyclic) bond motifs is 1. The van der Waals surface area contributed by atoms with Crippen LogP contribution in [0.15, 0.2) is 24.5 Å². The summed E-state index contributed by atoms with van der Waals surface area (Å²) in [6.07, 6.45) is 6.57. The molecule has 7 nitrogen and oxygen atoms in total. The number of nitrogens with zero attached hydrogens (tertiary/aromatic N) is 4. The molecule has 0 aliphatic carbocycles. The Kier molecular flexibility index (Phi) is 4.55. The molecule has 122 valence electrons. The van der Waals surface area contributed by atoms with E-state index in [4.69, 9.17) is 0 Å². The van der Waals surface area contributed by atoms with Gasteiger partial charge in [-0.1, -0.05) is 0 Å². The Morgan fingerprint density at radius 3 is 2.87 bits per heavy atom. The molecule has 2 aromatic heterocycles. The van der Waals surface area contributed by atoms with Crippen molar-refractivity contribution in [1.82, 2.24) is 25.0 Å². The van der Waals surface area contributed by atoms with Crippen LogP contribution in [0.4, 0.5) is 0 Å². The molecule has 1 fully saturated rings. The molecule has 3 heterocycles. The minimum Gasteiger partial charge on any atom is -0.343 e. The molecule has 1 N–H and O–H groups in total. The molecule has 23 heavy (non-hydrogen) atoms. The molecule has 7 heteroatoms. The maximum absolute atomic E-state index is 12.3. The molecule has 3 rings (SSSR count). The summed E-state index contributed by atoms with van der Waals surface area (Å²) in [4.78, 5) is 30.5. The third-order valence-corrected chi connectivity index (χ3v) is 4.12. The van der Waals surface area contributed by atoms with Gasteiger partial charge >= 0.3 is 0 Å².